The molecule has 2 aromatic carbocycles. The second-order valence-corrected chi connectivity index (χ2v) is 4.84. The largest absolute Gasteiger partial charge is 0.491 e. The van der Waals surface area contributed by atoms with Crippen molar-refractivity contribution < 1.29 is 14.3 Å². The van der Waals surface area contributed by atoms with Crippen LogP contribution in [-0.2, 0) is 4.74 Å². The Bertz CT molecular complexity index is 685. The third kappa shape index (κ3) is 2.50. The first kappa shape index (κ1) is 13.3. The molecule has 0 aliphatic carbocycles. The SMILES string of the molecule is COC(=O)c1ccc(N)c(NC2COc3ccccc32)c1. The smallest absolute Gasteiger partial charge is 0.337 e. The van der Waals surface area contributed by atoms with Gasteiger partial charge in [-0.05, 0) is 24.3 Å². The van der Waals surface area contributed by atoms with Gasteiger partial charge in [0, 0.05) is 5.56 Å². The lowest BCUT2D eigenvalue weighted by Gasteiger charge is -2.16. The zero-order valence-corrected chi connectivity index (χ0v) is 11.6. The molecule has 3 N–H and O–H groups in total. The fourth-order valence-electron chi connectivity index (χ4n) is 2.40. The molecule has 108 valence electrons. The van der Waals surface area contributed by atoms with Gasteiger partial charge in [-0.25, -0.2) is 4.79 Å². The maximum absolute atomic E-state index is 11.6. The minimum Gasteiger partial charge on any atom is -0.491 e. The van der Waals surface area contributed by atoms with Crippen LogP contribution >= 0.6 is 0 Å². The Morgan fingerprint density at radius 1 is 1.33 bits per heavy atom. The zero-order chi connectivity index (χ0) is 14.8. The van der Waals surface area contributed by atoms with Gasteiger partial charge in [0.05, 0.1) is 30.1 Å². The van der Waals surface area contributed by atoms with Crippen LogP contribution in [0.4, 0.5) is 11.4 Å². The van der Waals surface area contributed by atoms with Crippen molar-refractivity contribution in [3.63, 3.8) is 0 Å². The Morgan fingerprint density at radius 3 is 2.95 bits per heavy atom. The molecular formula is C16H16N2O3. The van der Waals surface area contributed by atoms with Crippen LogP contribution in [0, 0.1) is 0 Å². The first-order valence-corrected chi connectivity index (χ1v) is 6.65. The summed E-state index contributed by atoms with van der Waals surface area (Å²) in [5.74, 6) is 0.485. The van der Waals surface area contributed by atoms with Crippen LogP contribution < -0.4 is 15.8 Å². The molecule has 5 nitrogen and oxygen atoms in total. The monoisotopic (exact) mass is 284 g/mol. The van der Waals surface area contributed by atoms with Gasteiger partial charge in [0.2, 0.25) is 0 Å². The summed E-state index contributed by atoms with van der Waals surface area (Å²) in [6.45, 7) is 0.529. The van der Waals surface area contributed by atoms with Crippen LogP contribution in [0.5, 0.6) is 5.75 Å². The van der Waals surface area contributed by atoms with E-state index in [1.54, 1.807) is 18.2 Å². The summed E-state index contributed by atoms with van der Waals surface area (Å²) in [5, 5.41) is 3.33. The van der Waals surface area contributed by atoms with Crippen molar-refractivity contribution >= 4 is 17.3 Å². The molecule has 0 saturated heterocycles. The van der Waals surface area contributed by atoms with Crippen LogP contribution in [-0.4, -0.2) is 19.7 Å². The van der Waals surface area contributed by atoms with Gasteiger partial charge in [0.15, 0.2) is 0 Å². The van der Waals surface area contributed by atoms with Gasteiger partial charge in [0.1, 0.15) is 12.4 Å². The van der Waals surface area contributed by atoms with E-state index in [1.807, 2.05) is 24.3 Å². The molecule has 1 heterocycles. The van der Waals surface area contributed by atoms with Crippen LogP contribution in [0.25, 0.3) is 0 Å². The van der Waals surface area contributed by atoms with Gasteiger partial charge < -0.3 is 20.5 Å². The zero-order valence-electron chi connectivity index (χ0n) is 11.6. The van der Waals surface area contributed by atoms with Crippen LogP contribution in [0.1, 0.15) is 22.0 Å². The number of para-hydroxylation sites is 1. The Labute approximate surface area is 122 Å². The summed E-state index contributed by atoms with van der Waals surface area (Å²) in [5.41, 5.74) is 8.79. The Balaban J connectivity index is 1.87. The van der Waals surface area contributed by atoms with Crippen molar-refractivity contribution in [2.75, 3.05) is 24.8 Å². The van der Waals surface area contributed by atoms with Crippen molar-refractivity contribution in [3.05, 3.63) is 53.6 Å². The normalized spacial score (nSPS) is 16.0. The summed E-state index contributed by atoms with van der Waals surface area (Å²) in [6.07, 6.45) is 0. The molecule has 1 aliphatic heterocycles. The van der Waals surface area contributed by atoms with E-state index in [1.165, 1.54) is 7.11 Å². The molecule has 0 aromatic heterocycles. The predicted octanol–water partition coefficient (Wildman–Crippen LogP) is 2.60. The highest BCUT2D eigenvalue weighted by Crippen LogP contribution is 2.35. The molecule has 0 fully saturated rings. The summed E-state index contributed by atoms with van der Waals surface area (Å²) >= 11 is 0. The number of esters is 1. The summed E-state index contributed by atoms with van der Waals surface area (Å²) in [4.78, 5) is 11.6. The van der Waals surface area contributed by atoms with Crippen LogP contribution in [0.15, 0.2) is 42.5 Å². The van der Waals surface area contributed by atoms with Crippen molar-refractivity contribution in [1.29, 1.82) is 0 Å². The van der Waals surface area contributed by atoms with E-state index in [9.17, 15) is 4.79 Å². The first-order chi connectivity index (χ1) is 10.2. The van der Waals surface area contributed by atoms with Crippen molar-refractivity contribution in [2.24, 2.45) is 0 Å². The van der Waals surface area contributed by atoms with Crippen LogP contribution in [0.3, 0.4) is 0 Å². The highest BCUT2D eigenvalue weighted by molar-refractivity contribution is 5.92. The number of methoxy groups -OCH3 is 1. The predicted molar refractivity (Wildman–Crippen MR) is 80.5 cm³/mol. The second-order valence-electron chi connectivity index (χ2n) is 4.84. The number of nitrogens with one attached hydrogen (secondary N) is 1. The Hall–Kier alpha value is -2.69. The number of carbonyl (C=O) groups is 1. The molecule has 1 unspecified atom stereocenters. The van der Waals surface area contributed by atoms with E-state index in [-0.39, 0.29) is 12.0 Å². The fraction of sp³-hybridized carbons (Fsp3) is 0.188. The first-order valence-electron chi connectivity index (χ1n) is 6.65. The molecule has 1 aliphatic rings. The highest BCUT2D eigenvalue weighted by Gasteiger charge is 2.24. The van der Waals surface area contributed by atoms with Gasteiger partial charge in [-0.3, -0.25) is 0 Å². The van der Waals surface area contributed by atoms with Crippen molar-refractivity contribution in [2.45, 2.75) is 6.04 Å². The molecule has 5 heteroatoms. The van der Waals surface area contributed by atoms with E-state index < -0.39 is 0 Å². The van der Waals surface area contributed by atoms with Gasteiger partial charge in [-0.15, -0.1) is 0 Å². The lowest BCUT2D eigenvalue weighted by molar-refractivity contribution is 0.0601. The number of nitrogen functional groups attached to an aromatic ring is 1. The number of anilines is 2. The number of fused-ring (bicyclic) bond motifs is 1. The highest BCUT2D eigenvalue weighted by atomic mass is 16.5. The number of nitrogens with two attached hydrogens (primary N) is 1. The van der Waals surface area contributed by atoms with E-state index in [2.05, 4.69) is 5.32 Å². The van der Waals surface area contributed by atoms with Crippen LogP contribution in [0.2, 0.25) is 0 Å². The number of hydrogen-bond donors (Lipinski definition) is 2. The minimum absolute atomic E-state index is 0.0106. The molecule has 2 aromatic rings. The molecule has 0 saturated carbocycles. The van der Waals surface area contributed by atoms with Gasteiger partial charge in [-0.2, -0.15) is 0 Å². The fourth-order valence-corrected chi connectivity index (χ4v) is 2.40. The quantitative estimate of drug-likeness (QED) is 0.669. The molecule has 0 amide bonds. The lowest BCUT2D eigenvalue weighted by atomic mass is 10.1. The van der Waals surface area contributed by atoms with Crippen molar-refractivity contribution in [1.82, 2.24) is 0 Å². The minimum atomic E-state index is -0.388. The van der Waals surface area contributed by atoms with E-state index >= 15 is 0 Å². The Morgan fingerprint density at radius 2 is 2.14 bits per heavy atom. The second kappa shape index (κ2) is 5.36. The molecule has 0 bridgehead atoms. The van der Waals surface area contributed by atoms with Crippen molar-refractivity contribution in [3.8, 4) is 5.75 Å². The third-order valence-electron chi connectivity index (χ3n) is 3.50. The molecule has 21 heavy (non-hydrogen) atoms. The van der Waals surface area contributed by atoms with E-state index in [0.717, 1.165) is 11.3 Å². The number of carbonyl (C=O) groups excluding carboxylic acids is 1. The van der Waals surface area contributed by atoms with E-state index in [0.29, 0.717) is 23.5 Å². The van der Waals surface area contributed by atoms with Gasteiger partial charge >= 0.3 is 5.97 Å². The molecule has 0 radical (unpaired) electrons. The average Bonchev–Trinajstić information content (AvgIpc) is 2.92. The van der Waals surface area contributed by atoms with Gasteiger partial charge in [0.25, 0.3) is 0 Å². The third-order valence-corrected chi connectivity index (χ3v) is 3.50. The molecular weight excluding hydrogens is 268 g/mol. The number of ether oxygens (including phenoxy) is 2. The molecule has 0 spiro atoms. The van der Waals surface area contributed by atoms with Gasteiger partial charge in [-0.1, -0.05) is 18.2 Å². The maximum atomic E-state index is 11.6. The number of rotatable bonds is 3. The standard InChI is InChI=1S/C16H16N2O3/c1-20-16(19)10-6-7-12(17)13(8-10)18-14-9-21-15-5-3-2-4-11(14)15/h2-8,14,18H,9,17H2,1H3. The summed E-state index contributed by atoms with van der Waals surface area (Å²) < 4.78 is 10.4. The molecule has 3 rings (SSSR count). The maximum Gasteiger partial charge on any atom is 0.337 e. The van der Waals surface area contributed by atoms with E-state index in [4.69, 9.17) is 15.2 Å². The topological polar surface area (TPSA) is 73.6 Å². The average molecular weight is 284 g/mol. The number of benzene rings is 2. The Kier molecular flexibility index (Phi) is 3.39. The lowest BCUT2D eigenvalue weighted by Crippen LogP contribution is -2.14. The number of hydrogen-bond acceptors (Lipinski definition) is 5. The summed E-state index contributed by atoms with van der Waals surface area (Å²) in [7, 11) is 1.35. The molecule has 1 atom stereocenters. The summed E-state index contributed by atoms with van der Waals surface area (Å²) in [6, 6.07) is 12.9.